The average molecular weight is 270 g/mol. The van der Waals surface area contributed by atoms with Crippen LogP contribution in [0.25, 0.3) is 0 Å². The first-order valence-electron chi connectivity index (χ1n) is 6.68. The molecule has 5 heteroatoms. The molecular weight excluding hydrogens is 252 g/mol. The van der Waals surface area contributed by atoms with Crippen molar-refractivity contribution in [3.8, 4) is 11.8 Å². The van der Waals surface area contributed by atoms with Gasteiger partial charge in [-0.25, -0.2) is 0 Å². The van der Waals surface area contributed by atoms with Crippen LogP contribution < -0.4 is 10.1 Å². The van der Waals surface area contributed by atoms with Crippen molar-refractivity contribution < 1.29 is 4.74 Å². The molecule has 1 N–H and O–H groups in total. The zero-order chi connectivity index (χ0) is 14.2. The van der Waals surface area contributed by atoms with Gasteiger partial charge in [-0.15, -0.1) is 0 Å². The lowest BCUT2D eigenvalue weighted by Gasteiger charge is -2.09. The number of nitriles is 1. The highest BCUT2D eigenvalue weighted by Crippen LogP contribution is 2.16. The van der Waals surface area contributed by atoms with Crippen LogP contribution in [0.4, 0.5) is 5.69 Å². The highest BCUT2D eigenvalue weighted by molar-refractivity contribution is 5.46. The van der Waals surface area contributed by atoms with E-state index >= 15 is 0 Å². The van der Waals surface area contributed by atoms with Gasteiger partial charge in [-0.1, -0.05) is 6.92 Å². The molecule has 0 radical (unpaired) electrons. The summed E-state index contributed by atoms with van der Waals surface area (Å²) in [7, 11) is 0. The maximum Gasteiger partial charge on any atom is 0.174 e. The SMILES string of the molecule is CCCn1nccc1CNc1ccc(OCC#N)cc1. The summed E-state index contributed by atoms with van der Waals surface area (Å²) in [6.45, 7) is 3.88. The van der Waals surface area contributed by atoms with Crippen LogP contribution in [0.3, 0.4) is 0 Å². The summed E-state index contributed by atoms with van der Waals surface area (Å²) in [5.41, 5.74) is 2.18. The van der Waals surface area contributed by atoms with E-state index in [1.807, 2.05) is 47.3 Å². The van der Waals surface area contributed by atoms with Crippen molar-refractivity contribution >= 4 is 5.69 Å². The smallest absolute Gasteiger partial charge is 0.174 e. The van der Waals surface area contributed by atoms with Gasteiger partial charge in [-0.05, 0) is 36.8 Å². The van der Waals surface area contributed by atoms with Gasteiger partial charge in [0, 0.05) is 18.4 Å². The van der Waals surface area contributed by atoms with Crippen LogP contribution >= 0.6 is 0 Å². The summed E-state index contributed by atoms with van der Waals surface area (Å²) in [5, 5.41) is 16.1. The van der Waals surface area contributed by atoms with Gasteiger partial charge >= 0.3 is 0 Å². The molecule has 5 nitrogen and oxygen atoms in total. The Labute approximate surface area is 118 Å². The first-order chi connectivity index (χ1) is 9.83. The molecule has 1 aromatic carbocycles. The number of hydrogen-bond donors (Lipinski definition) is 1. The van der Waals surface area contributed by atoms with Crippen LogP contribution in [-0.4, -0.2) is 16.4 Å². The molecule has 0 saturated heterocycles. The van der Waals surface area contributed by atoms with Crippen molar-refractivity contribution in [1.82, 2.24) is 9.78 Å². The fourth-order valence-corrected chi connectivity index (χ4v) is 1.90. The number of aryl methyl sites for hydroxylation is 1. The summed E-state index contributed by atoms with van der Waals surface area (Å²) in [6, 6.07) is 11.5. The van der Waals surface area contributed by atoms with E-state index in [-0.39, 0.29) is 6.61 Å². The summed E-state index contributed by atoms with van der Waals surface area (Å²) < 4.78 is 7.22. The first kappa shape index (κ1) is 13.9. The molecule has 0 spiro atoms. The Morgan fingerprint density at radius 3 is 2.80 bits per heavy atom. The lowest BCUT2D eigenvalue weighted by Crippen LogP contribution is -2.08. The Morgan fingerprint density at radius 1 is 1.30 bits per heavy atom. The third-order valence-corrected chi connectivity index (χ3v) is 2.87. The highest BCUT2D eigenvalue weighted by Gasteiger charge is 2.01. The molecule has 2 aromatic rings. The van der Waals surface area contributed by atoms with Crippen LogP contribution in [0.15, 0.2) is 36.5 Å². The molecule has 20 heavy (non-hydrogen) atoms. The zero-order valence-electron chi connectivity index (χ0n) is 11.5. The summed E-state index contributed by atoms with van der Waals surface area (Å²) in [5.74, 6) is 0.702. The molecule has 0 bridgehead atoms. The fraction of sp³-hybridized carbons (Fsp3) is 0.333. The van der Waals surface area contributed by atoms with Crippen LogP contribution in [-0.2, 0) is 13.1 Å². The third-order valence-electron chi connectivity index (χ3n) is 2.87. The predicted molar refractivity (Wildman–Crippen MR) is 77.4 cm³/mol. The molecule has 0 fully saturated rings. The second-order valence-corrected chi connectivity index (χ2v) is 4.37. The van der Waals surface area contributed by atoms with Gasteiger partial charge in [0.25, 0.3) is 0 Å². The normalized spacial score (nSPS) is 10.0. The lowest BCUT2D eigenvalue weighted by atomic mass is 10.3. The third kappa shape index (κ3) is 3.75. The molecule has 0 aliphatic rings. The van der Waals surface area contributed by atoms with Gasteiger partial charge in [-0.2, -0.15) is 10.4 Å². The maximum atomic E-state index is 8.45. The Hall–Kier alpha value is -2.48. The van der Waals surface area contributed by atoms with Gasteiger partial charge in [0.2, 0.25) is 0 Å². The molecular formula is C15H18N4O. The number of aromatic nitrogens is 2. The molecule has 0 atom stereocenters. The number of rotatable bonds is 7. The van der Waals surface area contributed by atoms with Crippen LogP contribution in [0.2, 0.25) is 0 Å². The van der Waals surface area contributed by atoms with E-state index in [4.69, 9.17) is 10.00 Å². The first-order valence-corrected chi connectivity index (χ1v) is 6.68. The highest BCUT2D eigenvalue weighted by atomic mass is 16.5. The van der Waals surface area contributed by atoms with E-state index in [1.54, 1.807) is 0 Å². The minimum absolute atomic E-state index is 0.0724. The van der Waals surface area contributed by atoms with E-state index in [2.05, 4.69) is 17.3 Å². The molecule has 2 rings (SSSR count). The Balaban J connectivity index is 1.90. The molecule has 0 aliphatic carbocycles. The minimum atomic E-state index is 0.0724. The Kier molecular flexibility index (Phi) is 5.01. The van der Waals surface area contributed by atoms with Gasteiger partial charge in [-0.3, -0.25) is 4.68 Å². The lowest BCUT2D eigenvalue weighted by molar-refractivity contribution is 0.368. The van der Waals surface area contributed by atoms with E-state index in [1.165, 1.54) is 0 Å². The fourth-order valence-electron chi connectivity index (χ4n) is 1.90. The second-order valence-electron chi connectivity index (χ2n) is 4.37. The summed E-state index contributed by atoms with van der Waals surface area (Å²) in [6.07, 6.45) is 2.89. The van der Waals surface area contributed by atoms with Gasteiger partial charge in [0.05, 0.1) is 12.2 Å². The predicted octanol–water partition coefficient (Wildman–Crippen LogP) is 2.81. The number of hydrogen-bond acceptors (Lipinski definition) is 4. The molecule has 0 saturated carbocycles. The van der Waals surface area contributed by atoms with Crippen molar-refractivity contribution in [2.75, 3.05) is 11.9 Å². The largest absolute Gasteiger partial charge is 0.479 e. The molecule has 104 valence electrons. The zero-order valence-corrected chi connectivity index (χ0v) is 11.5. The monoisotopic (exact) mass is 270 g/mol. The molecule has 1 aromatic heterocycles. The van der Waals surface area contributed by atoms with E-state index in [9.17, 15) is 0 Å². The van der Waals surface area contributed by atoms with Crippen LogP contribution in [0, 0.1) is 11.3 Å². The van der Waals surface area contributed by atoms with Crippen molar-refractivity contribution in [3.05, 3.63) is 42.2 Å². The van der Waals surface area contributed by atoms with E-state index < -0.39 is 0 Å². The standard InChI is InChI=1S/C15H18N4O/c1-2-10-19-14(7-9-18-19)12-17-13-3-5-15(6-4-13)20-11-8-16/h3-7,9,17H,2,10-12H2,1H3. The topological polar surface area (TPSA) is 62.9 Å². The van der Waals surface area contributed by atoms with Crippen molar-refractivity contribution in [2.24, 2.45) is 0 Å². The quantitative estimate of drug-likeness (QED) is 0.840. The van der Waals surface area contributed by atoms with Gasteiger partial charge in [0.15, 0.2) is 6.61 Å². The average Bonchev–Trinajstić information content (AvgIpc) is 2.92. The molecule has 1 heterocycles. The van der Waals surface area contributed by atoms with Crippen molar-refractivity contribution in [2.45, 2.75) is 26.4 Å². The number of benzene rings is 1. The Bertz CT molecular complexity index is 568. The van der Waals surface area contributed by atoms with E-state index in [0.717, 1.165) is 30.9 Å². The van der Waals surface area contributed by atoms with Crippen molar-refractivity contribution in [1.29, 1.82) is 5.26 Å². The van der Waals surface area contributed by atoms with Gasteiger partial charge < -0.3 is 10.1 Å². The van der Waals surface area contributed by atoms with Crippen LogP contribution in [0.5, 0.6) is 5.75 Å². The number of ether oxygens (including phenoxy) is 1. The molecule has 0 unspecified atom stereocenters. The molecule has 0 amide bonds. The number of anilines is 1. The summed E-state index contributed by atoms with van der Waals surface area (Å²) >= 11 is 0. The van der Waals surface area contributed by atoms with Gasteiger partial charge in [0.1, 0.15) is 11.8 Å². The summed E-state index contributed by atoms with van der Waals surface area (Å²) in [4.78, 5) is 0. The van der Waals surface area contributed by atoms with Crippen molar-refractivity contribution in [3.63, 3.8) is 0 Å². The minimum Gasteiger partial charge on any atom is -0.479 e. The maximum absolute atomic E-state index is 8.45. The molecule has 0 aliphatic heterocycles. The second kappa shape index (κ2) is 7.19. The van der Waals surface area contributed by atoms with Crippen LogP contribution in [0.1, 0.15) is 19.0 Å². The Morgan fingerprint density at radius 2 is 2.10 bits per heavy atom. The van der Waals surface area contributed by atoms with E-state index in [0.29, 0.717) is 5.75 Å². The number of nitrogens with one attached hydrogen (secondary N) is 1. The number of nitrogens with zero attached hydrogens (tertiary/aromatic N) is 3.